The van der Waals surface area contributed by atoms with E-state index in [1.54, 1.807) is 12.1 Å². The molecule has 1 fully saturated rings. The summed E-state index contributed by atoms with van der Waals surface area (Å²) < 4.78 is 6.05. The highest BCUT2D eigenvalue weighted by Crippen LogP contribution is 2.48. The maximum absolute atomic E-state index is 12.7. The number of hydrogen-bond acceptors (Lipinski definition) is 3. The Labute approximate surface area is 129 Å². The quantitative estimate of drug-likeness (QED) is 0.810. The largest absolute Gasteiger partial charge is 0.444 e. The first kappa shape index (κ1) is 12.7. The molecule has 1 aliphatic heterocycles. The van der Waals surface area contributed by atoms with Crippen LogP contribution in [-0.2, 0) is 6.42 Å². The molecule has 2 aliphatic rings. The van der Waals surface area contributed by atoms with Gasteiger partial charge in [-0.2, -0.15) is 0 Å². The minimum Gasteiger partial charge on any atom is -0.444 e. The number of halogens is 1. The molecule has 1 amide bonds. The molecule has 3 heterocycles. The molecule has 0 saturated heterocycles. The second-order valence-corrected chi connectivity index (χ2v) is 7.22. The van der Waals surface area contributed by atoms with Gasteiger partial charge >= 0.3 is 0 Å². The SMILES string of the molecule is O=C(c1ccc(Br)o1)N1CCc2sccc2C1C1CC1. The molecule has 4 rings (SSSR count). The highest BCUT2D eigenvalue weighted by molar-refractivity contribution is 9.10. The van der Waals surface area contributed by atoms with Crippen molar-refractivity contribution in [2.24, 2.45) is 5.92 Å². The fourth-order valence-corrected chi connectivity index (χ4v) is 4.28. The Kier molecular flexibility index (Phi) is 3.00. The van der Waals surface area contributed by atoms with Gasteiger partial charge in [0.1, 0.15) is 0 Å². The normalized spacial score (nSPS) is 21.9. The van der Waals surface area contributed by atoms with Crippen molar-refractivity contribution in [3.8, 4) is 0 Å². The van der Waals surface area contributed by atoms with Crippen molar-refractivity contribution in [1.29, 1.82) is 0 Å². The number of amides is 1. The molecule has 104 valence electrons. The average molecular weight is 352 g/mol. The van der Waals surface area contributed by atoms with Gasteiger partial charge in [0.05, 0.1) is 6.04 Å². The summed E-state index contributed by atoms with van der Waals surface area (Å²) in [6, 6.07) is 5.97. The molecule has 1 atom stereocenters. The highest BCUT2D eigenvalue weighted by atomic mass is 79.9. The van der Waals surface area contributed by atoms with Crippen molar-refractivity contribution in [3.63, 3.8) is 0 Å². The van der Waals surface area contributed by atoms with Gasteiger partial charge in [-0.05, 0) is 70.3 Å². The summed E-state index contributed by atoms with van der Waals surface area (Å²) in [7, 11) is 0. The average Bonchev–Trinajstić information content (AvgIpc) is 3.00. The third kappa shape index (κ3) is 2.04. The van der Waals surface area contributed by atoms with Crippen molar-refractivity contribution in [2.75, 3.05) is 6.54 Å². The molecular weight excluding hydrogens is 338 g/mol. The van der Waals surface area contributed by atoms with E-state index in [9.17, 15) is 4.79 Å². The van der Waals surface area contributed by atoms with Crippen LogP contribution in [0.4, 0.5) is 0 Å². The van der Waals surface area contributed by atoms with Crippen LogP contribution in [-0.4, -0.2) is 17.4 Å². The zero-order valence-electron chi connectivity index (χ0n) is 10.8. The van der Waals surface area contributed by atoms with Gasteiger partial charge in [-0.15, -0.1) is 11.3 Å². The van der Waals surface area contributed by atoms with E-state index >= 15 is 0 Å². The first-order valence-electron chi connectivity index (χ1n) is 6.86. The summed E-state index contributed by atoms with van der Waals surface area (Å²) in [6.45, 7) is 0.797. The van der Waals surface area contributed by atoms with Crippen molar-refractivity contribution in [2.45, 2.75) is 25.3 Å². The van der Waals surface area contributed by atoms with Gasteiger partial charge in [0.25, 0.3) is 5.91 Å². The molecule has 0 bridgehead atoms. The van der Waals surface area contributed by atoms with Crippen LogP contribution >= 0.6 is 27.3 Å². The standard InChI is InChI=1S/C15H14BrNO2S/c16-13-4-3-11(19-13)15(18)17-7-5-12-10(6-8-20-12)14(17)9-1-2-9/h3-4,6,8-9,14H,1-2,5,7H2. The van der Waals surface area contributed by atoms with E-state index in [-0.39, 0.29) is 11.9 Å². The van der Waals surface area contributed by atoms with Gasteiger partial charge in [-0.1, -0.05) is 0 Å². The third-order valence-corrected chi connectivity index (χ3v) is 5.55. The first-order chi connectivity index (χ1) is 9.74. The van der Waals surface area contributed by atoms with Crippen molar-refractivity contribution in [1.82, 2.24) is 4.90 Å². The lowest BCUT2D eigenvalue weighted by atomic mass is 9.95. The molecule has 0 N–H and O–H groups in total. The minimum atomic E-state index is 0.0180. The van der Waals surface area contributed by atoms with E-state index < -0.39 is 0 Å². The van der Waals surface area contributed by atoms with E-state index in [4.69, 9.17) is 4.42 Å². The Bertz CT molecular complexity index is 658. The number of furan rings is 1. The lowest BCUT2D eigenvalue weighted by Crippen LogP contribution is -2.40. The molecule has 0 radical (unpaired) electrons. The molecule has 0 spiro atoms. The van der Waals surface area contributed by atoms with Crippen LogP contribution in [0.5, 0.6) is 0 Å². The lowest BCUT2D eigenvalue weighted by Gasteiger charge is -2.35. The van der Waals surface area contributed by atoms with Crippen LogP contribution in [0.25, 0.3) is 0 Å². The molecule has 5 heteroatoms. The molecule has 3 nitrogen and oxygen atoms in total. The monoisotopic (exact) mass is 351 g/mol. The van der Waals surface area contributed by atoms with E-state index in [0.717, 1.165) is 13.0 Å². The molecule has 0 aromatic carbocycles. The fraction of sp³-hybridized carbons (Fsp3) is 0.400. The zero-order valence-corrected chi connectivity index (χ0v) is 13.2. The number of fused-ring (bicyclic) bond motifs is 1. The predicted octanol–water partition coefficient (Wildman–Crippen LogP) is 4.25. The van der Waals surface area contributed by atoms with Gasteiger partial charge in [0, 0.05) is 11.4 Å². The van der Waals surface area contributed by atoms with Gasteiger partial charge in [0.2, 0.25) is 0 Å². The number of carbonyl (C=O) groups is 1. The number of carbonyl (C=O) groups excluding carboxylic acids is 1. The number of rotatable bonds is 2. The fourth-order valence-electron chi connectivity index (χ4n) is 3.07. The lowest BCUT2D eigenvalue weighted by molar-refractivity contribution is 0.0603. The summed E-state index contributed by atoms with van der Waals surface area (Å²) in [5, 5.41) is 2.15. The molecule has 1 unspecified atom stereocenters. The summed E-state index contributed by atoms with van der Waals surface area (Å²) in [4.78, 5) is 16.2. The van der Waals surface area contributed by atoms with Crippen molar-refractivity contribution < 1.29 is 9.21 Å². The summed E-state index contributed by atoms with van der Waals surface area (Å²) >= 11 is 5.08. The molecule has 2 aromatic rings. The maximum atomic E-state index is 12.7. The van der Waals surface area contributed by atoms with Crippen molar-refractivity contribution in [3.05, 3.63) is 44.4 Å². The van der Waals surface area contributed by atoms with Crippen molar-refractivity contribution >= 4 is 33.2 Å². The van der Waals surface area contributed by atoms with Gasteiger partial charge < -0.3 is 9.32 Å². The van der Waals surface area contributed by atoms with Crippen LogP contribution in [0.15, 0.2) is 32.7 Å². The Hall–Kier alpha value is -1.07. The number of hydrogen-bond donors (Lipinski definition) is 0. The third-order valence-electron chi connectivity index (χ3n) is 4.13. The molecule has 2 aromatic heterocycles. The van der Waals surface area contributed by atoms with E-state index in [1.165, 1.54) is 23.3 Å². The predicted molar refractivity (Wildman–Crippen MR) is 80.9 cm³/mol. The summed E-state index contributed by atoms with van der Waals surface area (Å²) in [5.41, 5.74) is 1.36. The van der Waals surface area contributed by atoms with Gasteiger partial charge in [0.15, 0.2) is 10.4 Å². The van der Waals surface area contributed by atoms with E-state index in [0.29, 0.717) is 16.3 Å². The minimum absolute atomic E-state index is 0.0180. The maximum Gasteiger partial charge on any atom is 0.290 e. The first-order valence-corrected chi connectivity index (χ1v) is 8.54. The van der Waals surface area contributed by atoms with Crippen LogP contribution in [0.1, 0.15) is 39.9 Å². The van der Waals surface area contributed by atoms with Crippen LogP contribution in [0.2, 0.25) is 0 Å². The zero-order chi connectivity index (χ0) is 13.7. The van der Waals surface area contributed by atoms with Crippen LogP contribution in [0.3, 0.4) is 0 Å². The molecule has 1 aliphatic carbocycles. The summed E-state index contributed by atoms with van der Waals surface area (Å²) in [5.74, 6) is 1.08. The van der Waals surface area contributed by atoms with Crippen LogP contribution < -0.4 is 0 Å². The second kappa shape index (κ2) is 4.74. The van der Waals surface area contributed by atoms with Gasteiger partial charge in [-0.25, -0.2) is 0 Å². The second-order valence-electron chi connectivity index (χ2n) is 5.43. The molecule has 1 saturated carbocycles. The highest BCUT2D eigenvalue weighted by Gasteiger charge is 2.42. The topological polar surface area (TPSA) is 33.5 Å². The Morgan fingerprint density at radius 2 is 2.20 bits per heavy atom. The summed E-state index contributed by atoms with van der Waals surface area (Å²) in [6.07, 6.45) is 3.42. The molecule has 20 heavy (non-hydrogen) atoms. The number of nitrogens with zero attached hydrogens (tertiary/aromatic N) is 1. The number of thiophene rings is 1. The Morgan fingerprint density at radius 3 is 2.90 bits per heavy atom. The smallest absolute Gasteiger partial charge is 0.290 e. The van der Waals surface area contributed by atoms with Crippen LogP contribution in [0, 0.1) is 5.92 Å². The molecular formula is C15H14BrNO2S. The van der Waals surface area contributed by atoms with Gasteiger partial charge in [-0.3, -0.25) is 4.79 Å². The van der Waals surface area contributed by atoms with E-state index in [2.05, 4.69) is 27.4 Å². The Morgan fingerprint density at radius 1 is 1.35 bits per heavy atom. The Balaban J connectivity index is 1.69. The van der Waals surface area contributed by atoms with E-state index in [1.807, 2.05) is 16.2 Å².